The molecule has 0 aliphatic rings. The Morgan fingerprint density at radius 1 is 1.44 bits per heavy atom. The van der Waals surface area contributed by atoms with Crippen LogP contribution in [0.4, 0.5) is 0 Å². The number of carbonyl (C=O) groups is 2. The molecule has 5 heteroatoms. The van der Waals surface area contributed by atoms with Gasteiger partial charge in [0.2, 0.25) is 0 Å². The highest BCUT2D eigenvalue weighted by Crippen LogP contribution is 2.12. The van der Waals surface area contributed by atoms with E-state index in [-0.39, 0.29) is 30.1 Å². The lowest BCUT2D eigenvalue weighted by Crippen LogP contribution is -2.25. The third kappa shape index (κ3) is 5.14. The lowest BCUT2D eigenvalue weighted by Gasteiger charge is -2.21. The average molecular weight is 250 g/mol. The standard InChI is InChI=1S/C13H18N2O3/c1-13(2,3)18-9-10(8-16)6-12(17)11-7-14-4-5-15-11/h4-5,7-8,10H,6,9H2,1-3H3. The largest absolute Gasteiger partial charge is 0.375 e. The van der Waals surface area contributed by atoms with E-state index in [9.17, 15) is 9.59 Å². The zero-order chi connectivity index (χ0) is 13.6. The first-order valence-corrected chi connectivity index (χ1v) is 5.81. The summed E-state index contributed by atoms with van der Waals surface area (Å²) in [5.41, 5.74) is -0.0447. The fourth-order valence-electron chi connectivity index (χ4n) is 1.29. The van der Waals surface area contributed by atoms with E-state index in [1.54, 1.807) is 0 Å². The van der Waals surface area contributed by atoms with Crippen molar-refractivity contribution in [3.8, 4) is 0 Å². The van der Waals surface area contributed by atoms with Crippen molar-refractivity contribution in [2.45, 2.75) is 32.8 Å². The van der Waals surface area contributed by atoms with Crippen LogP contribution in [0.25, 0.3) is 0 Å². The molecule has 0 saturated carbocycles. The Bertz CT molecular complexity index is 398. The highest BCUT2D eigenvalue weighted by molar-refractivity contribution is 5.95. The minimum atomic E-state index is -0.446. The summed E-state index contributed by atoms with van der Waals surface area (Å²) in [4.78, 5) is 30.5. The van der Waals surface area contributed by atoms with E-state index >= 15 is 0 Å². The van der Waals surface area contributed by atoms with Crippen molar-refractivity contribution in [1.29, 1.82) is 0 Å². The summed E-state index contributed by atoms with van der Waals surface area (Å²) in [7, 11) is 0. The van der Waals surface area contributed by atoms with E-state index in [4.69, 9.17) is 4.74 Å². The molecule has 0 spiro atoms. The molecule has 1 aromatic rings. The molecular formula is C13H18N2O3. The summed E-state index contributed by atoms with van der Waals surface area (Å²) in [6.07, 6.45) is 5.19. The Morgan fingerprint density at radius 3 is 2.67 bits per heavy atom. The molecule has 0 radical (unpaired) electrons. The lowest BCUT2D eigenvalue weighted by atomic mass is 10.0. The summed E-state index contributed by atoms with van der Waals surface area (Å²) < 4.78 is 5.50. The SMILES string of the molecule is CC(C)(C)OCC(C=O)CC(=O)c1cnccn1. The van der Waals surface area contributed by atoms with Gasteiger partial charge in [-0.2, -0.15) is 0 Å². The molecule has 1 atom stereocenters. The summed E-state index contributed by atoms with van der Waals surface area (Å²) in [5, 5.41) is 0. The molecule has 1 heterocycles. The second kappa shape index (κ2) is 6.35. The average Bonchev–Trinajstić information content (AvgIpc) is 2.34. The topological polar surface area (TPSA) is 69.2 Å². The molecule has 98 valence electrons. The molecule has 0 bridgehead atoms. The summed E-state index contributed by atoms with van der Waals surface area (Å²) >= 11 is 0. The van der Waals surface area contributed by atoms with Crippen LogP contribution in [0.5, 0.6) is 0 Å². The first kappa shape index (κ1) is 14.4. The van der Waals surface area contributed by atoms with Crippen LogP contribution in [-0.4, -0.2) is 34.2 Å². The van der Waals surface area contributed by atoms with E-state index in [1.807, 2.05) is 20.8 Å². The van der Waals surface area contributed by atoms with Gasteiger partial charge in [0, 0.05) is 24.7 Å². The molecule has 1 unspecified atom stereocenters. The highest BCUT2D eigenvalue weighted by Gasteiger charge is 2.19. The van der Waals surface area contributed by atoms with Crippen molar-refractivity contribution in [2.24, 2.45) is 5.92 Å². The van der Waals surface area contributed by atoms with E-state index in [2.05, 4.69) is 9.97 Å². The number of Topliss-reactive ketones (excluding diaryl/α,β-unsaturated/α-hetero) is 1. The normalized spacial score (nSPS) is 13.1. The fraction of sp³-hybridized carbons (Fsp3) is 0.538. The molecule has 0 amide bonds. The number of hydrogen-bond donors (Lipinski definition) is 0. The highest BCUT2D eigenvalue weighted by atomic mass is 16.5. The van der Waals surface area contributed by atoms with Crippen LogP contribution < -0.4 is 0 Å². The monoisotopic (exact) mass is 250 g/mol. The molecule has 0 N–H and O–H groups in total. The summed E-state index contributed by atoms with van der Waals surface area (Å²) in [5.74, 6) is -0.642. The van der Waals surface area contributed by atoms with Gasteiger partial charge in [0.05, 0.1) is 18.4 Å². The molecule has 0 saturated heterocycles. The molecule has 1 rings (SSSR count). The van der Waals surface area contributed by atoms with Crippen LogP contribution in [0.1, 0.15) is 37.7 Å². The lowest BCUT2D eigenvalue weighted by molar-refractivity contribution is -0.115. The maximum Gasteiger partial charge on any atom is 0.183 e. The first-order chi connectivity index (χ1) is 8.42. The minimum absolute atomic E-state index is 0.0955. The van der Waals surface area contributed by atoms with Crippen LogP contribution in [0.2, 0.25) is 0 Å². The number of aromatic nitrogens is 2. The molecule has 0 fully saturated rings. The van der Waals surface area contributed by atoms with Crippen molar-refractivity contribution in [3.05, 3.63) is 24.3 Å². The predicted molar refractivity (Wildman–Crippen MR) is 66.2 cm³/mol. The summed E-state index contributed by atoms with van der Waals surface area (Å²) in [6, 6.07) is 0. The van der Waals surface area contributed by atoms with Crippen molar-refractivity contribution >= 4 is 12.1 Å². The number of carbonyl (C=O) groups excluding carboxylic acids is 2. The minimum Gasteiger partial charge on any atom is -0.375 e. The maximum atomic E-state index is 11.8. The van der Waals surface area contributed by atoms with Crippen LogP contribution in [0.3, 0.4) is 0 Å². The Kier molecular flexibility index (Phi) is 5.09. The van der Waals surface area contributed by atoms with Gasteiger partial charge in [-0.15, -0.1) is 0 Å². The number of hydrogen-bond acceptors (Lipinski definition) is 5. The fourth-order valence-corrected chi connectivity index (χ4v) is 1.29. The second-order valence-corrected chi connectivity index (χ2v) is 5.04. The van der Waals surface area contributed by atoms with Gasteiger partial charge in [0.1, 0.15) is 12.0 Å². The molecule has 5 nitrogen and oxygen atoms in total. The summed E-state index contributed by atoms with van der Waals surface area (Å²) in [6.45, 7) is 5.94. The van der Waals surface area contributed by atoms with E-state index < -0.39 is 5.92 Å². The van der Waals surface area contributed by atoms with Gasteiger partial charge < -0.3 is 9.53 Å². The van der Waals surface area contributed by atoms with Gasteiger partial charge in [-0.05, 0) is 20.8 Å². The third-order valence-corrected chi connectivity index (χ3v) is 2.22. The molecular weight excluding hydrogens is 232 g/mol. The molecule has 0 aromatic carbocycles. The Morgan fingerprint density at radius 2 is 2.17 bits per heavy atom. The van der Waals surface area contributed by atoms with Gasteiger partial charge in [0.25, 0.3) is 0 Å². The Hall–Kier alpha value is -1.62. The van der Waals surface area contributed by atoms with Gasteiger partial charge >= 0.3 is 0 Å². The van der Waals surface area contributed by atoms with Crippen molar-refractivity contribution < 1.29 is 14.3 Å². The third-order valence-electron chi connectivity index (χ3n) is 2.22. The maximum absolute atomic E-state index is 11.8. The first-order valence-electron chi connectivity index (χ1n) is 5.81. The second-order valence-electron chi connectivity index (χ2n) is 5.04. The van der Waals surface area contributed by atoms with Gasteiger partial charge in [-0.25, -0.2) is 4.98 Å². The van der Waals surface area contributed by atoms with Crippen LogP contribution in [0, 0.1) is 5.92 Å². The zero-order valence-electron chi connectivity index (χ0n) is 10.9. The van der Waals surface area contributed by atoms with Crippen molar-refractivity contribution in [3.63, 3.8) is 0 Å². The number of ketones is 1. The number of aldehydes is 1. The smallest absolute Gasteiger partial charge is 0.183 e. The quantitative estimate of drug-likeness (QED) is 0.567. The molecule has 1 aromatic heterocycles. The number of ether oxygens (including phenoxy) is 1. The molecule has 18 heavy (non-hydrogen) atoms. The van der Waals surface area contributed by atoms with Crippen molar-refractivity contribution in [2.75, 3.05) is 6.61 Å². The van der Waals surface area contributed by atoms with E-state index in [0.29, 0.717) is 0 Å². The molecule has 0 aliphatic carbocycles. The van der Waals surface area contributed by atoms with Crippen LogP contribution in [0.15, 0.2) is 18.6 Å². The van der Waals surface area contributed by atoms with Gasteiger partial charge in [-0.1, -0.05) is 0 Å². The van der Waals surface area contributed by atoms with Gasteiger partial charge in [0.15, 0.2) is 5.78 Å². The zero-order valence-corrected chi connectivity index (χ0v) is 10.9. The van der Waals surface area contributed by atoms with Crippen LogP contribution >= 0.6 is 0 Å². The number of nitrogens with zero attached hydrogens (tertiary/aromatic N) is 2. The van der Waals surface area contributed by atoms with E-state index in [0.717, 1.165) is 6.29 Å². The van der Waals surface area contributed by atoms with E-state index in [1.165, 1.54) is 18.6 Å². The predicted octanol–water partition coefficient (Wildman–Crippen LogP) is 1.68. The Balaban J connectivity index is 2.53. The Labute approximate surface area is 107 Å². The molecule has 0 aliphatic heterocycles. The van der Waals surface area contributed by atoms with Crippen LogP contribution in [-0.2, 0) is 9.53 Å². The van der Waals surface area contributed by atoms with Crippen molar-refractivity contribution in [1.82, 2.24) is 9.97 Å². The number of rotatable bonds is 6. The van der Waals surface area contributed by atoms with Gasteiger partial charge in [-0.3, -0.25) is 9.78 Å².